The van der Waals surface area contributed by atoms with E-state index in [1.165, 1.54) is 12.3 Å². The van der Waals surface area contributed by atoms with Crippen molar-refractivity contribution in [1.29, 1.82) is 0 Å². The lowest BCUT2D eigenvalue weighted by Crippen LogP contribution is -2.37. The van der Waals surface area contributed by atoms with Gasteiger partial charge in [-0.15, -0.1) is 0 Å². The summed E-state index contributed by atoms with van der Waals surface area (Å²) in [7, 11) is 0. The van der Waals surface area contributed by atoms with Crippen molar-refractivity contribution in [3.8, 4) is 5.88 Å². The standard InChI is InChI=1S/C27H28F5N5O3/c28-26(29,27(30,31)32)20-4-6-21(7-5-20)36-25(38)22-3-1-9-34-24(22)35-18-19-8-10-33-23(17-19)40-14-2-11-37-12-15-39-16-13-37/h1,3-10,17H,2,11-16,18H2,(H,34,35)(H,36,38). The highest BCUT2D eigenvalue weighted by Gasteiger charge is 2.58. The van der Waals surface area contributed by atoms with Crippen LogP contribution in [0, 0.1) is 0 Å². The third-order valence-electron chi connectivity index (χ3n) is 6.15. The Morgan fingerprint density at radius 1 is 1.00 bits per heavy atom. The van der Waals surface area contributed by atoms with Crippen LogP contribution in [0.5, 0.6) is 5.88 Å². The van der Waals surface area contributed by atoms with Crippen LogP contribution in [0.3, 0.4) is 0 Å². The number of morpholine rings is 1. The van der Waals surface area contributed by atoms with E-state index in [-0.39, 0.29) is 17.1 Å². The second-order valence-electron chi connectivity index (χ2n) is 9.02. The number of aromatic nitrogens is 2. The van der Waals surface area contributed by atoms with Gasteiger partial charge in [-0.3, -0.25) is 9.69 Å². The highest BCUT2D eigenvalue weighted by Crippen LogP contribution is 2.43. The SMILES string of the molecule is O=C(Nc1ccc(C(F)(F)C(F)(F)F)cc1)c1cccnc1NCc1ccnc(OCCCN2CCOCC2)c1. The number of benzene rings is 1. The maximum Gasteiger partial charge on any atom is 0.458 e. The predicted molar refractivity (Wildman–Crippen MR) is 138 cm³/mol. The highest BCUT2D eigenvalue weighted by atomic mass is 19.4. The van der Waals surface area contributed by atoms with Crippen molar-refractivity contribution in [1.82, 2.24) is 14.9 Å². The van der Waals surface area contributed by atoms with E-state index in [0.717, 1.165) is 57.0 Å². The molecule has 3 aromatic rings. The summed E-state index contributed by atoms with van der Waals surface area (Å²) in [5.74, 6) is -4.90. The Labute approximate surface area is 227 Å². The summed E-state index contributed by atoms with van der Waals surface area (Å²) < 4.78 is 76.0. The van der Waals surface area contributed by atoms with Crippen molar-refractivity contribution in [3.63, 3.8) is 0 Å². The molecule has 2 N–H and O–H groups in total. The van der Waals surface area contributed by atoms with Crippen LogP contribution in [0.2, 0.25) is 0 Å². The van der Waals surface area contributed by atoms with Crippen LogP contribution < -0.4 is 15.4 Å². The largest absolute Gasteiger partial charge is 0.478 e. The molecule has 13 heteroatoms. The molecule has 1 amide bonds. The molecule has 1 fully saturated rings. The van der Waals surface area contributed by atoms with Gasteiger partial charge in [0.25, 0.3) is 5.91 Å². The number of hydrogen-bond acceptors (Lipinski definition) is 7. The fraction of sp³-hybridized carbons (Fsp3) is 0.370. The second kappa shape index (κ2) is 13.0. The van der Waals surface area contributed by atoms with Crippen LogP contribution in [-0.4, -0.2) is 66.4 Å². The van der Waals surface area contributed by atoms with Crippen molar-refractivity contribution in [2.24, 2.45) is 0 Å². The van der Waals surface area contributed by atoms with Gasteiger partial charge in [0, 0.05) is 55.9 Å². The molecule has 0 unspecified atom stereocenters. The van der Waals surface area contributed by atoms with E-state index in [9.17, 15) is 26.7 Å². The fourth-order valence-electron chi connectivity index (χ4n) is 3.97. The van der Waals surface area contributed by atoms with E-state index in [1.54, 1.807) is 24.4 Å². The number of anilines is 2. The first kappa shape index (κ1) is 29.2. The van der Waals surface area contributed by atoms with Crippen molar-refractivity contribution < 1.29 is 36.2 Å². The number of nitrogens with one attached hydrogen (secondary N) is 2. The van der Waals surface area contributed by atoms with Gasteiger partial charge < -0.3 is 20.1 Å². The summed E-state index contributed by atoms with van der Waals surface area (Å²) in [6.07, 6.45) is -1.77. The van der Waals surface area contributed by atoms with Crippen LogP contribution in [0.15, 0.2) is 60.9 Å². The molecule has 8 nitrogen and oxygen atoms in total. The summed E-state index contributed by atoms with van der Waals surface area (Å²) in [6.45, 7) is 5.05. The topological polar surface area (TPSA) is 88.6 Å². The monoisotopic (exact) mass is 565 g/mol. The van der Waals surface area contributed by atoms with E-state index >= 15 is 0 Å². The van der Waals surface area contributed by atoms with Gasteiger partial charge >= 0.3 is 12.1 Å². The number of pyridine rings is 2. The first-order valence-corrected chi connectivity index (χ1v) is 12.6. The van der Waals surface area contributed by atoms with Crippen molar-refractivity contribution in [3.05, 3.63) is 77.6 Å². The van der Waals surface area contributed by atoms with Gasteiger partial charge in [-0.05, 0) is 42.3 Å². The Bertz CT molecular complexity index is 1270. The lowest BCUT2D eigenvalue weighted by molar-refractivity contribution is -0.289. The zero-order valence-electron chi connectivity index (χ0n) is 21.4. The third kappa shape index (κ3) is 7.63. The Morgan fingerprint density at radius 3 is 2.48 bits per heavy atom. The van der Waals surface area contributed by atoms with Gasteiger partial charge in [0.05, 0.1) is 25.4 Å². The quantitative estimate of drug-likeness (QED) is 0.247. The smallest absolute Gasteiger partial charge is 0.458 e. The number of rotatable bonds is 11. The molecule has 0 aliphatic carbocycles. The predicted octanol–water partition coefficient (Wildman–Crippen LogP) is 5.10. The first-order chi connectivity index (χ1) is 19.1. The van der Waals surface area contributed by atoms with E-state index in [4.69, 9.17) is 9.47 Å². The molecule has 0 radical (unpaired) electrons. The van der Waals surface area contributed by atoms with Gasteiger partial charge in [0.1, 0.15) is 5.82 Å². The average Bonchev–Trinajstić information content (AvgIpc) is 2.95. The summed E-state index contributed by atoms with van der Waals surface area (Å²) >= 11 is 0. The molecule has 0 spiro atoms. The third-order valence-corrected chi connectivity index (χ3v) is 6.15. The molecule has 4 rings (SSSR count). The molecule has 1 aliphatic heterocycles. The molecule has 1 saturated heterocycles. The lowest BCUT2D eigenvalue weighted by Gasteiger charge is -2.26. The van der Waals surface area contributed by atoms with Crippen LogP contribution in [0.25, 0.3) is 0 Å². The van der Waals surface area contributed by atoms with Crippen LogP contribution in [-0.2, 0) is 17.2 Å². The first-order valence-electron chi connectivity index (χ1n) is 12.6. The molecule has 214 valence electrons. The molecule has 1 aliphatic rings. The van der Waals surface area contributed by atoms with Crippen molar-refractivity contribution >= 4 is 17.4 Å². The molecular weight excluding hydrogens is 537 g/mol. The zero-order chi connectivity index (χ0) is 28.6. The Kier molecular flexibility index (Phi) is 9.48. The molecule has 0 atom stereocenters. The number of ether oxygens (including phenoxy) is 2. The fourth-order valence-corrected chi connectivity index (χ4v) is 3.97. The summed E-state index contributed by atoms with van der Waals surface area (Å²) in [4.78, 5) is 23.6. The van der Waals surface area contributed by atoms with Crippen molar-refractivity contribution in [2.75, 3.05) is 50.1 Å². The maximum absolute atomic E-state index is 13.5. The lowest BCUT2D eigenvalue weighted by atomic mass is 10.1. The Balaban J connectivity index is 1.32. The minimum absolute atomic E-state index is 0.0473. The number of hydrogen-bond donors (Lipinski definition) is 2. The Morgan fingerprint density at radius 2 is 1.75 bits per heavy atom. The van der Waals surface area contributed by atoms with Crippen LogP contribution in [0.4, 0.5) is 33.5 Å². The second-order valence-corrected chi connectivity index (χ2v) is 9.02. The summed E-state index contributed by atoms with van der Waals surface area (Å²) in [5.41, 5.74) is -0.192. The average molecular weight is 566 g/mol. The number of carbonyl (C=O) groups excluding carboxylic acids is 1. The van der Waals surface area contributed by atoms with Gasteiger partial charge in [0.15, 0.2) is 0 Å². The number of halogens is 5. The summed E-state index contributed by atoms with van der Waals surface area (Å²) in [5, 5.41) is 5.57. The molecule has 3 heterocycles. The van der Waals surface area contributed by atoms with E-state index in [2.05, 4.69) is 25.5 Å². The van der Waals surface area contributed by atoms with E-state index in [0.29, 0.717) is 31.2 Å². The minimum Gasteiger partial charge on any atom is -0.478 e. The normalized spacial score (nSPS) is 14.5. The zero-order valence-corrected chi connectivity index (χ0v) is 21.4. The van der Waals surface area contributed by atoms with Crippen LogP contribution in [0.1, 0.15) is 27.9 Å². The van der Waals surface area contributed by atoms with Crippen LogP contribution >= 0.6 is 0 Å². The molecule has 0 bridgehead atoms. The number of amides is 1. The molecule has 0 saturated carbocycles. The summed E-state index contributed by atoms with van der Waals surface area (Å²) in [6, 6.07) is 9.83. The molecule has 1 aromatic carbocycles. The van der Waals surface area contributed by atoms with Gasteiger partial charge in [-0.2, -0.15) is 22.0 Å². The molecule has 2 aromatic heterocycles. The molecular formula is C27H28F5N5O3. The minimum atomic E-state index is -5.72. The maximum atomic E-state index is 13.5. The van der Waals surface area contributed by atoms with Gasteiger partial charge in [0.2, 0.25) is 5.88 Å². The number of alkyl halides is 5. The van der Waals surface area contributed by atoms with Gasteiger partial charge in [-0.25, -0.2) is 9.97 Å². The molecule has 40 heavy (non-hydrogen) atoms. The number of carbonyl (C=O) groups is 1. The Hall–Kier alpha value is -3.84. The van der Waals surface area contributed by atoms with E-state index in [1.807, 2.05) is 0 Å². The highest BCUT2D eigenvalue weighted by molar-refractivity contribution is 6.07. The van der Waals surface area contributed by atoms with Crippen molar-refractivity contribution in [2.45, 2.75) is 25.1 Å². The van der Waals surface area contributed by atoms with E-state index < -0.39 is 23.6 Å². The van der Waals surface area contributed by atoms with Gasteiger partial charge in [-0.1, -0.05) is 12.1 Å². The number of nitrogens with zero attached hydrogens (tertiary/aromatic N) is 3.